The minimum atomic E-state index is -3.52. The number of carbonyl (C=O) groups is 1. The van der Waals surface area contributed by atoms with E-state index in [1.54, 1.807) is 23.0 Å². The zero-order valence-electron chi connectivity index (χ0n) is 13.0. The Hall–Kier alpha value is -2.78. The summed E-state index contributed by atoms with van der Waals surface area (Å²) < 4.78 is 26.7. The summed E-state index contributed by atoms with van der Waals surface area (Å²) in [4.78, 5) is 16.5. The summed E-state index contributed by atoms with van der Waals surface area (Å²) in [7, 11) is -0.611. The fourth-order valence-corrected chi connectivity index (χ4v) is 2.97. The zero-order chi connectivity index (χ0) is 17.3. The first kappa shape index (κ1) is 16.1. The van der Waals surface area contributed by atoms with Gasteiger partial charge in [-0.1, -0.05) is 0 Å². The van der Waals surface area contributed by atoms with Crippen LogP contribution in [0.25, 0.3) is 5.65 Å². The molecule has 0 saturated heterocycles. The first-order chi connectivity index (χ1) is 11.4. The molecule has 0 fully saturated rings. The van der Waals surface area contributed by atoms with Crippen LogP contribution >= 0.6 is 0 Å². The van der Waals surface area contributed by atoms with Crippen LogP contribution in [0, 0.1) is 0 Å². The first-order valence-electron chi connectivity index (χ1n) is 7.01. The zero-order valence-corrected chi connectivity index (χ0v) is 13.9. The van der Waals surface area contributed by atoms with E-state index in [0.717, 1.165) is 4.31 Å². The number of benzene rings is 1. The Bertz CT molecular complexity index is 993. The molecule has 0 aliphatic rings. The van der Waals surface area contributed by atoms with Gasteiger partial charge in [0.1, 0.15) is 0 Å². The van der Waals surface area contributed by atoms with Gasteiger partial charge in [0.2, 0.25) is 10.0 Å². The first-order valence-corrected chi connectivity index (χ1v) is 8.45. The molecule has 2 heterocycles. The van der Waals surface area contributed by atoms with Gasteiger partial charge < -0.3 is 5.32 Å². The molecule has 0 atom stereocenters. The van der Waals surface area contributed by atoms with Gasteiger partial charge in [0.25, 0.3) is 5.91 Å². The maximum atomic E-state index is 12.3. The van der Waals surface area contributed by atoms with Crippen LogP contribution in [-0.2, 0) is 10.0 Å². The predicted octanol–water partition coefficient (Wildman–Crippen LogP) is 1.23. The van der Waals surface area contributed by atoms with Crippen molar-refractivity contribution >= 4 is 27.3 Å². The van der Waals surface area contributed by atoms with Gasteiger partial charge in [0, 0.05) is 25.7 Å². The predicted molar refractivity (Wildman–Crippen MR) is 88.3 cm³/mol. The van der Waals surface area contributed by atoms with Crippen molar-refractivity contribution in [2.24, 2.45) is 0 Å². The molecule has 0 spiro atoms. The second kappa shape index (κ2) is 6.02. The van der Waals surface area contributed by atoms with E-state index in [1.807, 2.05) is 0 Å². The number of amides is 1. The fourth-order valence-electron chi connectivity index (χ4n) is 2.07. The smallest absolute Gasteiger partial charge is 0.255 e. The number of aromatic nitrogens is 3. The highest BCUT2D eigenvalue weighted by atomic mass is 32.2. The van der Waals surface area contributed by atoms with Gasteiger partial charge in [0.15, 0.2) is 5.65 Å². The molecule has 1 N–H and O–H groups in total. The van der Waals surface area contributed by atoms with Crippen molar-refractivity contribution in [1.82, 2.24) is 18.9 Å². The molecule has 0 bridgehead atoms. The number of sulfonamides is 1. The summed E-state index contributed by atoms with van der Waals surface area (Å²) in [6, 6.07) is 7.48. The van der Waals surface area contributed by atoms with Crippen LogP contribution in [-0.4, -0.2) is 47.3 Å². The van der Waals surface area contributed by atoms with E-state index in [2.05, 4.69) is 15.4 Å². The highest BCUT2D eigenvalue weighted by Gasteiger charge is 2.17. The maximum absolute atomic E-state index is 12.3. The molecular formula is C15H15N5O3S. The average molecular weight is 345 g/mol. The van der Waals surface area contributed by atoms with Crippen LogP contribution in [0.3, 0.4) is 0 Å². The van der Waals surface area contributed by atoms with Crippen molar-refractivity contribution in [2.45, 2.75) is 4.90 Å². The summed E-state index contributed by atoms with van der Waals surface area (Å²) in [5, 5.41) is 6.75. The SMILES string of the molecule is CN(C)S(=O)(=O)c1ccc(C(=O)Nc2cnc3ccnn3c2)cc1. The molecule has 0 unspecified atom stereocenters. The number of hydrogen-bond acceptors (Lipinski definition) is 5. The second-order valence-corrected chi connectivity index (χ2v) is 7.39. The lowest BCUT2D eigenvalue weighted by molar-refractivity contribution is 0.102. The van der Waals surface area contributed by atoms with Crippen LogP contribution in [0.2, 0.25) is 0 Å². The Morgan fingerprint density at radius 3 is 2.54 bits per heavy atom. The van der Waals surface area contributed by atoms with Crippen molar-refractivity contribution < 1.29 is 13.2 Å². The monoisotopic (exact) mass is 345 g/mol. The Kier molecular flexibility index (Phi) is 4.04. The van der Waals surface area contributed by atoms with E-state index in [1.165, 1.54) is 44.6 Å². The molecule has 9 heteroatoms. The van der Waals surface area contributed by atoms with Crippen LogP contribution in [0.5, 0.6) is 0 Å². The van der Waals surface area contributed by atoms with Crippen LogP contribution in [0.1, 0.15) is 10.4 Å². The van der Waals surface area contributed by atoms with E-state index in [4.69, 9.17) is 0 Å². The number of nitrogens with zero attached hydrogens (tertiary/aromatic N) is 4. The fraction of sp³-hybridized carbons (Fsp3) is 0.133. The topological polar surface area (TPSA) is 96.7 Å². The number of nitrogens with one attached hydrogen (secondary N) is 1. The molecule has 124 valence electrons. The Morgan fingerprint density at radius 2 is 1.88 bits per heavy atom. The molecule has 0 radical (unpaired) electrons. The molecule has 3 aromatic rings. The molecule has 8 nitrogen and oxygen atoms in total. The molecule has 2 aromatic heterocycles. The molecule has 1 aromatic carbocycles. The molecule has 24 heavy (non-hydrogen) atoms. The van der Waals surface area contributed by atoms with E-state index in [9.17, 15) is 13.2 Å². The van der Waals surface area contributed by atoms with Crippen LogP contribution in [0.15, 0.2) is 53.8 Å². The van der Waals surface area contributed by atoms with Gasteiger partial charge in [-0.2, -0.15) is 5.10 Å². The highest BCUT2D eigenvalue weighted by Crippen LogP contribution is 2.15. The van der Waals surface area contributed by atoms with Gasteiger partial charge in [-0.15, -0.1) is 0 Å². The number of rotatable bonds is 4. The lowest BCUT2D eigenvalue weighted by atomic mass is 10.2. The molecule has 0 aliphatic heterocycles. The van der Waals surface area contributed by atoms with E-state index in [-0.39, 0.29) is 10.8 Å². The number of hydrogen-bond donors (Lipinski definition) is 1. The minimum Gasteiger partial charge on any atom is -0.319 e. The van der Waals surface area contributed by atoms with E-state index < -0.39 is 10.0 Å². The van der Waals surface area contributed by atoms with Crippen LogP contribution in [0.4, 0.5) is 5.69 Å². The summed E-state index contributed by atoms with van der Waals surface area (Å²) in [5.41, 5.74) is 1.50. The van der Waals surface area contributed by atoms with Crippen molar-refractivity contribution in [1.29, 1.82) is 0 Å². The quantitative estimate of drug-likeness (QED) is 0.767. The Labute approximate surface area is 138 Å². The van der Waals surface area contributed by atoms with E-state index >= 15 is 0 Å². The average Bonchev–Trinajstić information content (AvgIpc) is 3.02. The van der Waals surface area contributed by atoms with Crippen molar-refractivity contribution in [3.05, 3.63) is 54.5 Å². The summed E-state index contributed by atoms with van der Waals surface area (Å²) in [6.45, 7) is 0. The lowest BCUT2D eigenvalue weighted by Crippen LogP contribution is -2.22. The summed E-state index contributed by atoms with van der Waals surface area (Å²) in [5.74, 6) is -0.364. The molecule has 0 aliphatic carbocycles. The second-order valence-electron chi connectivity index (χ2n) is 5.24. The Balaban J connectivity index is 1.80. The third kappa shape index (κ3) is 2.99. The van der Waals surface area contributed by atoms with Crippen molar-refractivity contribution in [3.63, 3.8) is 0 Å². The van der Waals surface area contributed by atoms with E-state index in [0.29, 0.717) is 16.9 Å². The molecule has 1 amide bonds. The van der Waals surface area contributed by atoms with Crippen molar-refractivity contribution in [2.75, 3.05) is 19.4 Å². The maximum Gasteiger partial charge on any atom is 0.255 e. The van der Waals surface area contributed by atoms with Gasteiger partial charge in [-0.05, 0) is 24.3 Å². The molecule has 0 saturated carbocycles. The van der Waals surface area contributed by atoms with Gasteiger partial charge >= 0.3 is 0 Å². The summed E-state index contributed by atoms with van der Waals surface area (Å²) in [6.07, 6.45) is 4.78. The van der Waals surface area contributed by atoms with Crippen molar-refractivity contribution in [3.8, 4) is 0 Å². The number of anilines is 1. The summed E-state index contributed by atoms with van der Waals surface area (Å²) >= 11 is 0. The third-order valence-corrected chi connectivity index (χ3v) is 5.23. The number of fused-ring (bicyclic) bond motifs is 1. The van der Waals surface area contributed by atoms with Gasteiger partial charge in [0.05, 0.1) is 29.2 Å². The normalized spacial score (nSPS) is 11.8. The van der Waals surface area contributed by atoms with Gasteiger partial charge in [-0.25, -0.2) is 22.2 Å². The standard InChI is InChI=1S/C15H15N5O3S/c1-19(2)24(22,23)13-5-3-11(4-6-13)15(21)18-12-9-16-14-7-8-17-20(14)10-12/h3-10H,1-2H3,(H,18,21). The highest BCUT2D eigenvalue weighted by molar-refractivity contribution is 7.89. The molecule has 3 rings (SSSR count). The minimum absolute atomic E-state index is 0.128. The molecular weight excluding hydrogens is 330 g/mol. The lowest BCUT2D eigenvalue weighted by Gasteiger charge is -2.11. The number of carbonyl (C=O) groups excluding carboxylic acids is 1. The Morgan fingerprint density at radius 1 is 1.17 bits per heavy atom. The van der Waals surface area contributed by atoms with Gasteiger partial charge in [-0.3, -0.25) is 4.79 Å². The third-order valence-electron chi connectivity index (χ3n) is 3.40. The largest absolute Gasteiger partial charge is 0.319 e. The van der Waals surface area contributed by atoms with Crippen LogP contribution < -0.4 is 5.32 Å².